The van der Waals surface area contributed by atoms with Crippen LogP contribution in [0, 0.1) is 0 Å². The number of esters is 1. The Kier molecular flexibility index (Phi) is 3.41. The van der Waals surface area contributed by atoms with E-state index < -0.39 is 5.97 Å². The molecule has 0 unspecified atom stereocenters. The van der Waals surface area contributed by atoms with Crippen molar-refractivity contribution in [2.24, 2.45) is 0 Å². The van der Waals surface area contributed by atoms with Gasteiger partial charge in [0.05, 0.1) is 18.4 Å². The molecule has 0 aromatic heterocycles. The molecule has 1 fully saturated rings. The van der Waals surface area contributed by atoms with Gasteiger partial charge in [0.1, 0.15) is 6.61 Å². The van der Waals surface area contributed by atoms with Crippen molar-refractivity contribution < 1.29 is 19.1 Å². The third-order valence-corrected chi connectivity index (χ3v) is 3.90. The van der Waals surface area contributed by atoms with E-state index in [9.17, 15) is 9.59 Å². The molecule has 1 saturated heterocycles. The standard InChI is InChI=1S/C16H17NO4/c1-10-5-7-21-15-12(10)8-11(16(19)20-2)9-13(15)17-6-3-4-14(17)18/h5,8-9H,3-4,6-7H2,1-2H3. The fourth-order valence-electron chi connectivity index (χ4n) is 2.76. The Hall–Kier alpha value is -2.30. The molecule has 1 aromatic rings. The molecule has 0 bridgehead atoms. The monoisotopic (exact) mass is 287 g/mol. The Morgan fingerprint density at radius 1 is 1.38 bits per heavy atom. The molecule has 1 amide bonds. The first kappa shape index (κ1) is 13.7. The number of amides is 1. The third-order valence-electron chi connectivity index (χ3n) is 3.90. The van der Waals surface area contributed by atoms with E-state index in [-0.39, 0.29) is 5.91 Å². The highest BCUT2D eigenvalue weighted by molar-refractivity contribution is 6.01. The zero-order valence-electron chi connectivity index (χ0n) is 12.1. The van der Waals surface area contributed by atoms with Crippen molar-refractivity contribution in [3.63, 3.8) is 0 Å². The van der Waals surface area contributed by atoms with Crippen LogP contribution in [0.1, 0.15) is 35.7 Å². The molecular weight excluding hydrogens is 270 g/mol. The van der Waals surface area contributed by atoms with Gasteiger partial charge >= 0.3 is 5.97 Å². The molecule has 1 aromatic carbocycles. The van der Waals surface area contributed by atoms with Gasteiger partial charge in [-0.15, -0.1) is 0 Å². The number of rotatable bonds is 2. The molecule has 5 heteroatoms. The first-order chi connectivity index (χ1) is 10.1. The highest BCUT2D eigenvalue weighted by atomic mass is 16.5. The van der Waals surface area contributed by atoms with Crippen molar-refractivity contribution in [3.05, 3.63) is 29.3 Å². The van der Waals surface area contributed by atoms with Crippen LogP contribution < -0.4 is 9.64 Å². The maximum absolute atomic E-state index is 12.0. The molecule has 0 aliphatic carbocycles. The quantitative estimate of drug-likeness (QED) is 0.784. The summed E-state index contributed by atoms with van der Waals surface area (Å²) >= 11 is 0. The van der Waals surface area contributed by atoms with E-state index in [2.05, 4.69) is 0 Å². The molecule has 0 N–H and O–H groups in total. The molecule has 0 saturated carbocycles. The van der Waals surface area contributed by atoms with Gasteiger partial charge in [-0.05, 0) is 37.1 Å². The summed E-state index contributed by atoms with van der Waals surface area (Å²) in [5.74, 6) is 0.331. The number of fused-ring (bicyclic) bond motifs is 1. The molecule has 21 heavy (non-hydrogen) atoms. The number of carbonyl (C=O) groups is 2. The minimum absolute atomic E-state index is 0.0648. The van der Waals surface area contributed by atoms with Gasteiger partial charge in [-0.2, -0.15) is 0 Å². The van der Waals surface area contributed by atoms with Crippen LogP contribution >= 0.6 is 0 Å². The molecule has 2 aliphatic rings. The zero-order chi connectivity index (χ0) is 15.0. The Morgan fingerprint density at radius 3 is 2.86 bits per heavy atom. The number of hydrogen-bond donors (Lipinski definition) is 0. The first-order valence-electron chi connectivity index (χ1n) is 6.98. The smallest absolute Gasteiger partial charge is 0.337 e. The molecule has 0 spiro atoms. The fourth-order valence-corrected chi connectivity index (χ4v) is 2.76. The Morgan fingerprint density at radius 2 is 2.19 bits per heavy atom. The van der Waals surface area contributed by atoms with Crippen molar-refractivity contribution in [2.45, 2.75) is 19.8 Å². The highest BCUT2D eigenvalue weighted by Crippen LogP contribution is 2.41. The zero-order valence-corrected chi connectivity index (χ0v) is 12.1. The van der Waals surface area contributed by atoms with Gasteiger partial charge < -0.3 is 14.4 Å². The summed E-state index contributed by atoms with van der Waals surface area (Å²) in [6.45, 7) is 3.10. The molecule has 3 rings (SSSR count). The van der Waals surface area contributed by atoms with E-state index >= 15 is 0 Å². The number of ether oxygens (including phenoxy) is 2. The first-order valence-corrected chi connectivity index (χ1v) is 6.98. The highest BCUT2D eigenvalue weighted by Gasteiger charge is 2.28. The van der Waals surface area contributed by atoms with Gasteiger partial charge in [-0.1, -0.05) is 0 Å². The molecule has 0 atom stereocenters. The number of nitrogens with zero attached hydrogens (tertiary/aromatic N) is 1. The van der Waals surface area contributed by atoms with Gasteiger partial charge in [-0.3, -0.25) is 4.79 Å². The lowest BCUT2D eigenvalue weighted by Crippen LogP contribution is -2.25. The summed E-state index contributed by atoms with van der Waals surface area (Å²) < 4.78 is 10.5. The molecule has 110 valence electrons. The number of methoxy groups -OCH3 is 1. The summed E-state index contributed by atoms with van der Waals surface area (Å²) in [4.78, 5) is 25.6. The van der Waals surface area contributed by atoms with Crippen molar-refractivity contribution in [2.75, 3.05) is 25.2 Å². The lowest BCUT2D eigenvalue weighted by atomic mass is 9.99. The second-order valence-corrected chi connectivity index (χ2v) is 5.21. The van der Waals surface area contributed by atoms with Gasteiger partial charge in [0.15, 0.2) is 5.75 Å². The Balaban J connectivity index is 2.17. The van der Waals surface area contributed by atoms with Crippen LogP contribution in [-0.4, -0.2) is 32.1 Å². The second-order valence-electron chi connectivity index (χ2n) is 5.21. The lowest BCUT2D eigenvalue weighted by molar-refractivity contribution is -0.117. The summed E-state index contributed by atoms with van der Waals surface area (Å²) in [5.41, 5.74) is 2.99. The third kappa shape index (κ3) is 2.28. The van der Waals surface area contributed by atoms with E-state index in [1.807, 2.05) is 13.0 Å². The number of anilines is 1. The van der Waals surface area contributed by atoms with Crippen LogP contribution in [0.2, 0.25) is 0 Å². The Bertz CT molecular complexity index is 648. The lowest BCUT2D eigenvalue weighted by Gasteiger charge is -2.25. The summed E-state index contributed by atoms with van der Waals surface area (Å²) in [6, 6.07) is 3.45. The van der Waals surface area contributed by atoms with Gasteiger partial charge in [-0.25, -0.2) is 4.79 Å². The average Bonchev–Trinajstić information content (AvgIpc) is 2.92. The van der Waals surface area contributed by atoms with Crippen LogP contribution in [0.4, 0.5) is 5.69 Å². The van der Waals surface area contributed by atoms with Gasteiger partial charge in [0, 0.05) is 18.5 Å². The van der Waals surface area contributed by atoms with E-state index in [0.29, 0.717) is 36.6 Å². The van der Waals surface area contributed by atoms with E-state index in [0.717, 1.165) is 17.6 Å². The van der Waals surface area contributed by atoms with Gasteiger partial charge in [0.25, 0.3) is 0 Å². The van der Waals surface area contributed by atoms with Crippen LogP contribution in [-0.2, 0) is 9.53 Å². The largest absolute Gasteiger partial charge is 0.487 e. The molecule has 5 nitrogen and oxygen atoms in total. The minimum Gasteiger partial charge on any atom is -0.487 e. The van der Waals surface area contributed by atoms with E-state index in [1.165, 1.54) is 7.11 Å². The predicted molar refractivity (Wildman–Crippen MR) is 78.5 cm³/mol. The predicted octanol–water partition coefficient (Wildman–Crippen LogP) is 2.40. The van der Waals surface area contributed by atoms with Crippen molar-refractivity contribution in [1.29, 1.82) is 0 Å². The minimum atomic E-state index is -0.413. The normalized spacial score (nSPS) is 17.1. The molecular formula is C16H17NO4. The van der Waals surface area contributed by atoms with Gasteiger partial charge in [0.2, 0.25) is 5.91 Å². The molecule has 2 aliphatic heterocycles. The molecule has 0 radical (unpaired) electrons. The maximum Gasteiger partial charge on any atom is 0.337 e. The van der Waals surface area contributed by atoms with Crippen LogP contribution in [0.25, 0.3) is 5.57 Å². The number of hydrogen-bond acceptors (Lipinski definition) is 4. The number of carbonyl (C=O) groups excluding carboxylic acids is 2. The maximum atomic E-state index is 12.0. The Labute approximate surface area is 123 Å². The van der Waals surface area contributed by atoms with Crippen molar-refractivity contribution >= 4 is 23.1 Å². The van der Waals surface area contributed by atoms with Crippen molar-refractivity contribution in [1.82, 2.24) is 0 Å². The number of benzene rings is 1. The van der Waals surface area contributed by atoms with Crippen molar-refractivity contribution in [3.8, 4) is 5.75 Å². The van der Waals surface area contributed by atoms with Crippen LogP contribution in [0.15, 0.2) is 18.2 Å². The number of allylic oxidation sites excluding steroid dienone is 1. The molecule has 2 heterocycles. The summed E-state index contributed by atoms with van der Waals surface area (Å²) in [5, 5.41) is 0. The van der Waals surface area contributed by atoms with Crippen LogP contribution in [0.5, 0.6) is 5.75 Å². The second kappa shape index (κ2) is 5.24. The summed E-state index contributed by atoms with van der Waals surface area (Å²) in [6.07, 6.45) is 3.32. The topological polar surface area (TPSA) is 55.8 Å². The fraction of sp³-hybridized carbons (Fsp3) is 0.375. The van der Waals surface area contributed by atoms with E-state index in [1.54, 1.807) is 17.0 Å². The van der Waals surface area contributed by atoms with E-state index in [4.69, 9.17) is 9.47 Å². The van der Waals surface area contributed by atoms with Crippen LogP contribution in [0.3, 0.4) is 0 Å². The SMILES string of the molecule is COC(=O)c1cc2c(c(N3CCCC3=O)c1)OCC=C2C. The summed E-state index contributed by atoms with van der Waals surface area (Å²) in [7, 11) is 1.35. The average molecular weight is 287 g/mol.